The van der Waals surface area contributed by atoms with Crippen LogP contribution in [0.2, 0.25) is 0 Å². The predicted octanol–water partition coefficient (Wildman–Crippen LogP) is 2.37. The Hall–Kier alpha value is 0.440. The van der Waals surface area contributed by atoms with E-state index in [2.05, 4.69) is 15.9 Å². The molecule has 1 nitrogen and oxygen atoms in total. The minimum absolute atomic E-state index is 0.371. The van der Waals surface area contributed by atoms with Crippen molar-refractivity contribution in [3.05, 3.63) is 0 Å². The first-order valence-electron chi connectivity index (χ1n) is 2.96. The Morgan fingerprint density at radius 1 is 1.62 bits per heavy atom. The van der Waals surface area contributed by atoms with Crippen LogP contribution in [-0.2, 0) is 5.11 Å². The summed E-state index contributed by atoms with van der Waals surface area (Å²) in [6.45, 7) is 3.92. The summed E-state index contributed by atoms with van der Waals surface area (Å²) in [4.78, 5) is 0.380. The Labute approximate surface area is 59.2 Å². The second-order valence-corrected chi connectivity index (χ2v) is 3.61. The zero-order chi connectivity index (χ0) is 6.57. The Bertz CT molecular complexity index is 54.5. The van der Waals surface area contributed by atoms with Crippen molar-refractivity contribution in [2.45, 2.75) is 37.6 Å². The molecule has 1 radical (unpaired) electrons. The topological polar surface area (TPSA) is 19.9 Å². The van der Waals surface area contributed by atoms with Gasteiger partial charge in [0.15, 0.2) is 0 Å². The van der Waals surface area contributed by atoms with E-state index >= 15 is 0 Å². The normalized spacial score (nSPS) is 18.0. The highest BCUT2D eigenvalue weighted by molar-refractivity contribution is 9.09. The van der Waals surface area contributed by atoms with E-state index in [0.29, 0.717) is 4.83 Å². The lowest BCUT2D eigenvalue weighted by Crippen LogP contribution is -2.07. The minimum atomic E-state index is -0.371. The third-order valence-electron chi connectivity index (χ3n) is 1.04. The van der Waals surface area contributed by atoms with Gasteiger partial charge in [-0.05, 0) is 12.8 Å². The first kappa shape index (κ1) is 8.44. The van der Waals surface area contributed by atoms with Gasteiger partial charge >= 0.3 is 0 Å². The highest BCUT2D eigenvalue weighted by atomic mass is 79.9. The molecule has 8 heavy (non-hydrogen) atoms. The lowest BCUT2D eigenvalue weighted by molar-refractivity contribution is 0.0790. The molecule has 0 fully saturated rings. The average Bonchev–Trinajstić information content (AvgIpc) is 1.65. The SMILES string of the molecule is CCC([O])CC(C)Br. The van der Waals surface area contributed by atoms with E-state index < -0.39 is 0 Å². The van der Waals surface area contributed by atoms with E-state index in [1.807, 2.05) is 13.8 Å². The first-order chi connectivity index (χ1) is 3.66. The van der Waals surface area contributed by atoms with Crippen LogP contribution in [0.5, 0.6) is 0 Å². The Kier molecular flexibility index (Phi) is 4.57. The molecule has 0 saturated heterocycles. The molecule has 0 saturated carbocycles. The summed E-state index contributed by atoms with van der Waals surface area (Å²) >= 11 is 3.32. The molecular formula is C6H12BrO. The fraction of sp³-hybridized carbons (Fsp3) is 1.00. The highest BCUT2D eigenvalue weighted by Gasteiger charge is 2.05. The maximum atomic E-state index is 10.7. The van der Waals surface area contributed by atoms with Crippen molar-refractivity contribution in [3.8, 4) is 0 Å². The van der Waals surface area contributed by atoms with Gasteiger partial charge < -0.3 is 0 Å². The molecule has 2 heteroatoms. The Morgan fingerprint density at radius 2 is 2.12 bits per heavy atom. The number of halogens is 1. The van der Waals surface area contributed by atoms with Crippen molar-refractivity contribution in [2.75, 3.05) is 0 Å². The molecule has 0 bridgehead atoms. The molecule has 0 aromatic heterocycles. The monoisotopic (exact) mass is 179 g/mol. The summed E-state index contributed by atoms with van der Waals surface area (Å²) in [5, 5.41) is 10.7. The Balaban J connectivity index is 3.10. The van der Waals surface area contributed by atoms with Gasteiger partial charge in [-0.3, -0.25) is 0 Å². The zero-order valence-electron chi connectivity index (χ0n) is 5.36. The molecular weight excluding hydrogens is 168 g/mol. The van der Waals surface area contributed by atoms with Crippen LogP contribution in [0.15, 0.2) is 0 Å². The third kappa shape index (κ3) is 4.60. The molecule has 0 amide bonds. The van der Waals surface area contributed by atoms with Gasteiger partial charge in [0.05, 0.1) is 6.10 Å². The van der Waals surface area contributed by atoms with E-state index in [0.717, 1.165) is 12.8 Å². The van der Waals surface area contributed by atoms with Gasteiger partial charge in [-0.25, -0.2) is 5.11 Å². The number of rotatable bonds is 3. The highest BCUT2D eigenvalue weighted by Crippen LogP contribution is 2.08. The number of hydrogen-bond donors (Lipinski definition) is 0. The molecule has 0 aliphatic heterocycles. The summed E-state index contributed by atoms with van der Waals surface area (Å²) < 4.78 is 0. The molecule has 0 heterocycles. The maximum absolute atomic E-state index is 10.7. The fourth-order valence-corrected chi connectivity index (χ4v) is 0.946. The Morgan fingerprint density at radius 3 is 2.25 bits per heavy atom. The zero-order valence-corrected chi connectivity index (χ0v) is 6.94. The van der Waals surface area contributed by atoms with Gasteiger partial charge in [0.1, 0.15) is 0 Å². The minimum Gasteiger partial charge on any atom is -0.233 e. The van der Waals surface area contributed by atoms with Crippen LogP contribution in [-0.4, -0.2) is 10.9 Å². The van der Waals surface area contributed by atoms with Gasteiger partial charge in [-0.2, -0.15) is 0 Å². The first-order valence-corrected chi connectivity index (χ1v) is 3.88. The van der Waals surface area contributed by atoms with Crippen LogP contribution in [0.4, 0.5) is 0 Å². The summed E-state index contributed by atoms with van der Waals surface area (Å²) in [6.07, 6.45) is 1.12. The van der Waals surface area contributed by atoms with E-state index in [-0.39, 0.29) is 6.10 Å². The molecule has 0 aromatic rings. The average molecular weight is 180 g/mol. The summed E-state index contributed by atoms with van der Waals surface area (Å²) in [6, 6.07) is 0. The fourth-order valence-electron chi connectivity index (χ4n) is 0.529. The summed E-state index contributed by atoms with van der Waals surface area (Å²) in [5.41, 5.74) is 0. The van der Waals surface area contributed by atoms with Crippen molar-refractivity contribution < 1.29 is 5.11 Å². The molecule has 2 unspecified atom stereocenters. The molecule has 0 aromatic carbocycles. The quantitative estimate of drug-likeness (QED) is 0.594. The van der Waals surface area contributed by atoms with Crippen molar-refractivity contribution in [3.63, 3.8) is 0 Å². The molecule has 2 atom stereocenters. The molecule has 0 spiro atoms. The van der Waals surface area contributed by atoms with E-state index in [9.17, 15) is 5.11 Å². The van der Waals surface area contributed by atoms with Gasteiger partial charge in [0.2, 0.25) is 0 Å². The number of hydrogen-bond acceptors (Lipinski definition) is 0. The van der Waals surface area contributed by atoms with Crippen LogP contribution in [0.1, 0.15) is 26.7 Å². The molecule has 0 rings (SSSR count). The van der Waals surface area contributed by atoms with Crippen molar-refractivity contribution in [2.24, 2.45) is 0 Å². The standard InChI is InChI=1S/C6H12BrO/c1-3-6(8)4-5(2)7/h5-6H,3-4H2,1-2H3. The van der Waals surface area contributed by atoms with E-state index in [4.69, 9.17) is 0 Å². The molecule has 0 aliphatic rings. The van der Waals surface area contributed by atoms with Crippen molar-refractivity contribution in [1.29, 1.82) is 0 Å². The van der Waals surface area contributed by atoms with E-state index in [1.54, 1.807) is 0 Å². The third-order valence-corrected chi connectivity index (χ3v) is 1.42. The van der Waals surface area contributed by atoms with Crippen LogP contribution >= 0.6 is 15.9 Å². The second kappa shape index (κ2) is 4.33. The van der Waals surface area contributed by atoms with Gasteiger partial charge in [-0.1, -0.05) is 29.8 Å². The second-order valence-electron chi connectivity index (χ2n) is 2.05. The summed E-state index contributed by atoms with van der Waals surface area (Å²) in [5.74, 6) is 0. The van der Waals surface area contributed by atoms with Gasteiger partial charge in [0.25, 0.3) is 0 Å². The lowest BCUT2D eigenvalue weighted by Gasteiger charge is -2.04. The molecule has 49 valence electrons. The van der Waals surface area contributed by atoms with Crippen LogP contribution in [0, 0.1) is 0 Å². The molecule has 0 aliphatic carbocycles. The van der Waals surface area contributed by atoms with Gasteiger partial charge in [-0.15, -0.1) is 0 Å². The lowest BCUT2D eigenvalue weighted by atomic mass is 10.2. The van der Waals surface area contributed by atoms with Crippen LogP contribution < -0.4 is 0 Å². The number of alkyl halides is 1. The van der Waals surface area contributed by atoms with E-state index in [1.165, 1.54) is 0 Å². The van der Waals surface area contributed by atoms with Crippen molar-refractivity contribution >= 4 is 15.9 Å². The van der Waals surface area contributed by atoms with Crippen molar-refractivity contribution in [1.82, 2.24) is 0 Å². The largest absolute Gasteiger partial charge is 0.233 e. The smallest absolute Gasteiger partial charge is 0.0938 e. The predicted molar refractivity (Wildman–Crippen MR) is 37.8 cm³/mol. The van der Waals surface area contributed by atoms with Crippen LogP contribution in [0.25, 0.3) is 0 Å². The van der Waals surface area contributed by atoms with Gasteiger partial charge in [0, 0.05) is 4.83 Å². The maximum Gasteiger partial charge on any atom is 0.0938 e. The molecule has 0 N–H and O–H groups in total. The van der Waals surface area contributed by atoms with Crippen LogP contribution in [0.3, 0.4) is 0 Å². The summed E-state index contributed by atoms with van der Waals surface area (Å²) in [7, 11) is 0.